The van der Waals surface area contributed by atoms with E-state index in [-0.39, 0.29) is 5.91 Å². The summed E-state index contributed by atoms with van der Waals surface area (Å²) < 4.78 is 5.06. The van der Waals surface area contributed by atoms with E-state index in [1.54, 1.807) is 7.11 Å². The Kier molecular flexibility index (Phi) is 29.2. The molecule has 1 N–H and O–H groups in total. The van der Waals surface area contributed by atoms with Gasteiger partial charge in [-0.15, -0.1) is 0 Å². The lowest BCUT2D eigenvalue weighted by Gasteiger charge is -2.06. The van der Waals surface area contributed by atoms with Crippen molar-refractivity contribution in [2.45, 2.75) is 148 Å². The average molecular weight is 514 g/mol. The average Bonchev–Trinajstić information content (AvgIpc) is 2.85. The summed E-state index contributed by atoms with van der Waals surface area (Å²) in [5, 5.41) is 3.05. The highest BCUT2D eigenvalue weighted by atomic mass is 32.2. The predicted octanol–water partition coefficient (Wildman–Crippen LogP) is 8.65. The van der Waals surface area contributed by atoms with E-state index < -0.39 is 0 Å². The Morgan fingerprint density at radius 3 is 1.66 bits per heavy atom. The van der Waals surface area contributed by atoms with Gasteiger partial charge in [-0.3, -0.25) is 9.59 Å². The van der Waals surface area contributed by atoms with Crippen molar-refractivity contribution in [3.05, 3.63) is 0 Å². The maximum absolute atomic E-state index is 12.0. The quantitative estimate of drug-likeness (QED) is 0.102. The van der Waals surface area contributed by atoms with Gasteiger partial charge >= 0.3 is 0 Å². The minimum Gasteiger partial charge on any atom is -0.384 e. The lowest BCUT2D eigenvalue weighted by Crippen LogP contribution is -2.23. The highest BCUT2D eigenvalue weighted by Gasteiger charge is 2.03. The van der Waals surface area contributed by atoms with Gasteiger partial charge in [0.25, 0.3) is 0 Å². The van der Waals surface area contributed by atoms with Crippen LogP contribution in [0.4, 0.5) is 0 Å². The van der Waals surface area contributed by atoms with E-state index in [0.29, 0.717) is 12.2 Å². The van der Waals surface area contributed by atoms with Crippen LogP contribution in [0.5, 0.6) is 0 Å². The Morgan fingerprint density at radius 2 is 1.09 bits per heavy atom. The number of ketones is 1. The van der Waals surface area contributed by atoms with E-state index in [2.05, 4.69) is 12.2 Å². The number of hydrogen-bond donors (Lipinski definition) is 1. The third-order valence-electron chi connectivity index (χ3n) is 6.64. The van der Waals surface area contributed by atoms with Crippen molar-refractivity contribution in [2.75, 3.05) is 31.8 Å². The van der Waals surface area contributed by atoms with Crippen LogP contribution in [0.1, 0.15) is 148 Å². The van der Waals surface area contributed by atoms with Gasteiger partial charge in [0.2, 0.25) is 5.91 Å². The predicted molar refractivity (Wildman–Crippen MR) is 154 cm³/mol. The molecule has 0 atom stereocenters. The summed E-state index contributed by atoms with van der Waals surface area (Å²) in [6.45, 7) is 3.87. The third-order valence-corrected chi connectivity index (χ3v) is 7.67. The van der Waals surface area contributed by atoms with E-state index in [1.807, 2.05) is 11.8 Å². The Bertz CT molecular complexity index is 459. The number of carbonyl (C=O) groups excluding carboxylic acids is 2. The van der Waals surface area contributed by atoms with Crippen LogP contribution in [0, 0.1) is 0 Å². The van der Waals surface area contributed by atoms with Gasteiger partial charge < -0.3 is 10.1 Å². The molecule has 5 heteroatoms. The molecule has 0 aliphatic carbocycles. The van der Waals surface area contributed by atoms with Crippen LogP contribution < -0.4 is 5.32 Å². The van der Waals surface area contributed by atoms with Gasteiger partial charge in [0.05, 0.1) is 6.61 Å². The molecule has 0 fully saturated rings. The summed E-state index contributed by atoms with van der Waals surface area (Å²) in [5.41, 5.74) is 0. The van der Waals surface area contributed by atoms with Crippen LogP contribution in [-0.4, -0.2) is 43.5 Å². The summed E-state index contributed by atoms with van der Waals surface area (Å²) in [6.07, 6.45) is 25.5. The van der Waals surface area contributed by atoms with E-state index in [0.717, 1.165) is 63.9 Å². The molecule has 4 nitrogen and oxygen atoms in total. The third kappa shape index (κ3) is 29.6. The van der Waals surface area contributed by atoms with Gasteiger partial charge in [-0.2, -0.15) is 11.8 Å². The number of methoxy groups -OCH3 is 1. The second-order valence-electron chi connectivity index (χ2n) is 10.1. The highest BCUT2D eigenvalue weighted by molar-refractivity contribution is 7.99. The Balaban J connectivity index is 3.26. The molecule has 0 aromatic heterocycles. The number of Topliss-reactive ketones (excluding diaryl/α,β-unsaturated/α-hetero) is 1. The van der Waals surface area contributed by atoms with Crippen LogP contribution >= 0.6 is 11.8 Å². The van der Waals surface area contributed by atoms with Gasteiger partial charge in [-0.1, -0.05) is 96.8 Å². The molecule has 0 unspecified atom stereocenters. The van der Waals surface area contributed by atoms with Crippen LogP contribution in [0.15, 0.2) is 0 Å². The smallest absolute Gasteiger partial charge is 0.219 e. The Hall–Kier alpha value is -0.550. The molecule has 0 aromatic rings. The highest BCUT2D eigenvalue weighted by Crippen LogP contribution is 2.13. The van der Waals surface area contributed by atoms with Crippen LogP contribution in [-0.2, 0) is 14.3 Å². The second kappa shape index (κ2) is 29.7. The zero-order valence-corrected chi connectivity index (χ0v) is 24.3. The zero-order valence-electron chi connectivity index (χ0n) is 23.5. The molecular formula is C30H59NO3S. The molecule has 0 aliphatic heterocycles. The number of nitrogens with one attached hydrogen (secondary N) is 1. The van der Waals surface area contributed by atoms with Gasteiger partial charge in [-0.25, -0.2) is 0 Å². The fraction of sp³-hybridized carbons (Fsp3) is 0.933. The van der Waals surface area contributed by atoms with Crippen molar-refractivity contribution in [2.24, 2.45) is 0 Å². The van der Waals surface area contributed by atoms with Gasteiger partial charge in [0.15, 0.2) is 0 Å². The Morgan fingerprint density at radius 1 is 0.600 bits per heavy atom. The fourth-order valence-corrected chi connectivity index (χ4v) is 5.21. The first-order valence-corrected chi connectivity index (χ1v) is 16.2. The van der Waals surface area contributed by atoms with E-state index in [4.69, 9.17) is 4.74 Å². The normalized spacial score (nSPS) is 11.1. The molecule has 0 aromatic carbocycles. The maximum atomic E-state index is 12.0. The molecular weight excluding hydrogens is 454 g/mol. The van der Waals surface area contributed by atoms with Gasteiger partial charge in [0.1, 0.15) is 5.78 Å². The van der Waals surface area contributed by atoms with Crippen molar-refractivity contribution in [3.8, 4) is 0 Å². The van der Waals surface area contributed by atoms with Crippen LogP contribution in [0.2, 0.25) is 0 Å². The number of amides is 1. The summed E-state index contributed by atoms with van der Waals surface area (Å²) in [5.74, 6) is 3.00. The van der Waals surface area contributed by atoms with Gasteiger partial charge in [0, 0.05) is 38.7 Å². The van der Waals surface area contributed by atoms with Crippen molar-refractivity contribution in [1.29, 1.82) is 0 Å². The topological polar surface area (TPSA) is 55.4 Å². The van der Waals surface area contributed by atoms with Crippen LogP contribution in [0.3, 0.4) is 0 Å². The van der Waals surface area contributed by atoms with Crippen LogP contribution in [0.25, 0.3) is 0 Å². The summed E-state index contributed by atoms with van der Waals surface area (Å²) in [4.78, 5) is 23.9. The molecule has 0 radical (unpaired) electrons. The molecule has 0 saturated carbocycles. The lowest BCUT2D eigenvalue weighted by molar-refractivity contribution is -0.121. The molecule has 0 bridgehead atoms. The number of thioether (sulfide) groups is 1. The Labute approximate surface area is 222 Å². The first kappa shape index (κ1) is 34.5. The van der Waals surface area contributed by atoms with Crippen molar-refractivity contribution < 1.29 is 14.3 Å². The van der Waals surface area contributed by atoms with E-state index in [9.17, 15) is 9.59 Å². The number of ether oxygens (including phenoxy) is 1. The molecule has 0 heterocycles. The minimum absolute atomic E-state index is 0.196. The standard InChI is InChI=1S/C30H59NO3S/c1-3-4-5-6-7-10-13-17-22-29(32)23-18-16-20-25-31-30(33)24-19-14-11-8-9-12-15-21-27-35-28-26-34-2/h3-28H2,1-2H3,(H,31,33). The summed E-state index contributed by atoms with van der Waals surface area (Å²) >= 11 is 1.99. The number of rotatable bonds is 29. The van der Waals surface area contributed by atoms with E-state index in [1.165, 1.54) is 95.6 Å². The maximum Gasteiger partial charge on any atom is 0.219 e. The van der Waals surface area contributed by atoms with Crippen molar-refractivity contribution >= 4 is 23.5 Å². The molecule has 0 rings (SSSR count). The largest absolute Gasteiger partial charge is 0.384 e. The second-order valence-corrected chi connectivity index (χ2v) is 11.3. The number of carbonyl (C=O) groups is 2. The number of hydrogen-bond acceptors (Lipinski definition) is 4. The first-order valence-electron chi connectivity index (χ1n) is 15.1. The minimum atomic E-state index is 0.196. The molecule has 0 aliphatic rings. The van der Waals surface area contributed by atoms with Crippen molar-refractivity contribution in [3.63, 3.8) is 0 Å². The summed E-state index contributed by atoms with van der Waals surface area (Å²) in [7, 11) is 1.76. The number of unbranched alkanes of at least 4 members (excludes halogenated alkanes) is 16. The van der Waals surface area contributed by atoms with E-state index >= 15 is 0 Å². The molecule has 0 spiro atoms. The zero-order chi connectivity index (χ0) is 25.7. The molecule has 0 saturated heterocycles. The molecule has 208 valence electrons. The monoisotopic (exact) mass is 513 g/mol. The fourth-order valence-electron chi connectivity index (χ4n) is 4.32. The molecule has 1 amide bonds. The summed E-state index contributed by atoms with van der Waals surface area (Å²) in [6, 6.07) is 0. The van der Waals surface area contributed by atoms with Gasteiger partial charge in [-0.05, 0) is 37.9 Å². The molecule has 35 heavy (non-hydrogen) atoms. The first-order chi connectivity index (χ1) is 17.2. The SMILES string of the molecule is CCCCCCCCCCC(=O)CCCCCNC(=O)CCCCCCCCCCSCCOC. The lowest BCUT2D eigenvalue weighted by atomic mass is 10.0. The van der Waals surface area contributed by atoms with Crippen molar-refractivity contribution in [1.82, 2.24) is 5.32 Å².